The number of hydrogen-bond donors (Lipinski definition) is 2. The number of aliphatic hydroxyl groups is 1. The number of allylic oxidation sites excluding steroid dienone is 1. The molecule has 1 atom stereocenters. The van der Waals surface area contributed by atoms with E-state index in [4.69, 9.17) is 9.52 Å². The highest BCUT2D eigenvalue weighted by atomic mass is 32.2. The number of aromatic nitrogens is 3. The van der Waals surface area contributed by atoms with E-state index in [0.717, 1.165) is 60.9 Å². The molecule has 37 heavy (non-hydrogen) atoms. The second-order valence-corrected chi connectivity index (χ2v) is 11.1. The Balaban J connectivity index is 1.38. The molecule has 1 aromatic carbocycles. The zero-order valence-corrected chi connectivity index (χ0v) is 21.9. The van der Waals surface area contributed by atoms with Gasteiger partial charge < -0.3 is 24.0 Å². The summed E-state index contributed by atoms with van der Waals surface area (Å²) in [4.78, 5) is 9.51. The number of piperidine rings is 2. The minimum Gasteiger partial charge on any atom is -0.416 e. The first-order valence-electron chi connectivity index (χ1n) is 13.4. The van der Waals surface area contributed by atoms with Crippen LogP contribution in [-0.2, 0) is 0 Å². The smallest absolute Gasteiger partial charge is 0.250 e. The lowest BCUT2D eigenvalue weighted by molar-refractivity contribution is 0.322. The van der Waals surface area contributed by atoms with Crippen LogP contribution in [0.15, 0.2) is 53.1 Å². The van der Waals surface area contributed by atoms with E-state index in [0.29, 0.717) is 29.4 Å². The van der Waals surface area contributed by atoms with Crippen molar-refractivity contribution in [1.29, 1.82) is 0 Å². The zero-order valence-electron chi connectivity index (χ0n) is 21.1. The topological polar surface area (TPSA) is 90.6 Å². The highest BCUT2D eigenvalue weighted by molar-refractivity contribution is 8.00. The summed E-state index contributed by atoms with van der Waals surface area (Å²) in [6.45, 7) is 4.18. The maximum Gasteiger partial charge on any atom is 0.250 e. The number of rotatable bonds is 4. The number of fused-ring (bicyclic) bond motifs is 3. The monoisotopic (exact) mass is 518 g/mol. The number of nitrogens with zero attached hydrogens (tertiary/aromatic N) is 5. The molecule has 0 saturated carbocycles. The lowest BCUT2D eigenvalue weighted by atomic mass is 9.91. The van der Waals surface area contributed by atoms with E-state index < -0.39 is 0 Å². The molecule has 0 aliphatic carbocycles. The summed E-state index contributed by atoms with van der Waals surface area (Å²) in [7, 11) is 0. The van der Waals surface area contributed by atoms with Crippen LogP contribution in [0.5, 0.6) is 0 Å². The third-order valence-corrected chi connectivity index (χ3v) is 8.41. The predicted molar refractivity (Wildman–Crippen MR) is 150 cm³/mol. The summed E-state index contributed by atoms with van der Waals surface area (Å²) >= 11 is 1.50. The first kappa shape index (κ1) is 24.3. The highest BCUT2D eigenvalue weighted by Crippen LogP contribution is 2.37. The van der Waals surface area contributed by atoms with Gasteiger partial charge in [0, 0.05) is 49.4 Å². The minimum absolute atomic E-state index is 0.143. The molecule has 194 valence electrons. The van der Waals surface area contributed by atoms with Crippen molar-refractivity contribution < 1.29 is 9.52 Å². The average molecular weight is 519 g/mol. The normalized spacial score (nSPS) is 22.2. The van der Waals surface area contributed by atoms with Gasteiger partial charge in [-0.2, -0.15) is 0 Å². The maximum atomic E-state index is 9.15. The first-order chi connectivity index (χ1) is 18.3. The molecule has 2 fully saturated rings. The van der Waals surface area contributed by atoms with E-state index in [9.17, 15) is 0 Å². The molecular weight excluding hydrogens is 484 g/mol. The second-order valence-electron chi connectivity index (χ2n) is 10.2. The summed E-state index contributed by atoms with van der Waals surface area (Å²) in [6.07, 6.45) is 12.6. The maximum absolute atomic E-state index is 9.15. The Morgan fingerprint density at radius 3 is 2.81 bits per heavy atom. The van der Waals surface area contributed by atoms with Gasteiger partial charge in [0.1, 0.15) is 5.82 Å². The fourth-order valence-corrected chi connectivity index (χ4v) is 6.13. The van der Waals surface area contributed by atoms with Crippen LogP contribution in [-0.4, -0.2) is 58.8 Å². The molecule has 3 aromatic rings. The lowest BCUT2D eigenvalue weighted by Gasteiger charge is -2.35. The molecule has 2 N–H and O–H groups in total. The molecule has 2 aromatic heterocycles. The Hall–Kier alpha value is -3.04. The van der Waals surface area contributed by atoms with Crippen molar-refractivity contribution >= 4 is 29.1 Å². The quantitative estimate of drug-likeness (QED) is 0.273. The van der Waals surface area contributed by atoms with Crippen LogP contribution in [0.2, 0.25) is 0 Å². The molecular formula is C28H34N6O2S. The molecule has 1 unspecified atom stereocenters. The third kappa shape index (κ3) is 5.48. The minimum atomic E-state index is 0.143. The molecule has 0 radical (unpaired) electrons. The highest BCUT2D eigenvalue weighted by Gasteiger charge is 2.25. The second kappa shape index (κ2) is 11.1. The molecule has 0 spiro atoms. The number of pyridine rings is 1. The van der Waals surface area contributed by atoms with Gasteiger partial charge in [-0.15, -0.1) is 10.2 Å². The van der Waals surface area contributed by atoms with Gasteiger partial charge in [0.2, 0.25) is 11.8 Å². The Kier molecular flexibility index (Phi) is 7.32. The SMILES string of the molecule is OCCSNc1ccc2c(c1)N1CCC(C/C=C\C3CCCN(C3)c3cc(ccn3)-c3nnc-2o3)CC1. The zero-order chi connectivity index (χ0) is 25.0. The molecule has 8 nitrogen and oxygen atoms in total. The fourth-order valence-electron chi connectivity index (χ4n) is 5.64. The molecule has 0 amide bonds. The van der Waals surface area contributed by atoms with Crippen LogP contribution in [0.3, 0.4) is 0 Å². The Morgan fingerprint density at radius 1 is 1.03 bits per heavy atom. The van der Waals surface area contributed by atoms with Gasteiger partial charge in [-0.3, -0.25) is 0 Å². The summed E-state index contributed by atoms with van der Waals surface area (Å²) in [5.74, 6) is 3.92. The van der Waals surface area contributed by atoms with Crippen LogP contribution in [0.1, 0.15) is 32.1 Å². The molecule has 8 bridgehead atoms. The Labute approximate surface area is 222 Å². The number of nitrogens with one attached hydrogen (secondary N) is 1. The van der Waals surface area contributed by atoms with E-state index in [1.54, 1.807) is 0 Å². The lowest BCUT2D eigenvalue weighted by Crippen LogP contribution is -2.35. The summed E-state index contributed by atoms with van der Waals surface area (Å²) in [6, 6.07) is 10.3. The van der Waals surface area contributed by atoms with E-state index >= 15 is 0 Å². The summed E-state index contributed by atoms with van der Waals surface area (Å²) in [5.41, 5.74) is 3.95. The van der Waals surface area contributed by atoms with Gasteiger partial charge in [-0.1, -0.05) is 24.1 Å². The van der Waals surface area contributed by atoms with E-state index in [-0.39, 0.29) is 6.61 Å². The third-order valence-electron chi connectivity index (χ3n) is 7.64. The number of anilines is 3. The van der Waals surface area contributed by atoms with Crippen molar-refractivity contribution in [3.8, 4) is 22.9 Å². The Bertz CT molecular complexity index is 1240. The van der Waals surface area contributed by atoms with Crippen LogP contribution < -0.4 is 14.5 Å². The molecule has 4 aliphatic heterocycles. The number of aliphatic hydroxyl groups excluding tert-OH is 1. The van der Waals surface area contributed by atoms with Crippen LogP contribution in [0.4, 0.5) is 17.2 Å². The van der Waals surface area contributed by atoms with Crippen molar-refractivity contribution in [3.05, 3.63) is 48.7 Å². The van der Waals surface area contributed by atoms with Gasteiger partial charge in [0.15, 0.2) is 0 Å². The van der Waals surface area contributed by atoms with Crippen LogP contribution in [0.25, 0.3) is 22.9 Å². The van der Waals surface area contributed by atoms with E-state index in [1.807, 2.05) is 18.3 Å². The summed E-state index contributed by atoms with van der Waals surface area (Å²) in [5, 5.41) is 18.1. The molecule has 6 heterocycles. The van der Waals surface area contributed by atoms with E-state index in [1.165, 1.54) is 37.6 Å². The van der Waals surface area contributed by atoms with Gasteiger partial charge in [0.05, 0.1) is 17.9 Å². The van der Waals surface area contributed by atoms with Crippen molar-refractivity contribution in [2.75, 3.05) is 53.1 Å². The largest absolute Gasteiger partial charge is 0.416 e. The fraction of sp³-hybridized carbons (Fsp3) is 0.464. The van der Waals surface area contributed by atoms with Gasteiger partial charge in [0.25, 0.3) is 0 Å². The Morgan fingerprint density at radius 2 is 1.92 bits per heavy atom. The molecule has 9 heteroatoms. The van der Waals surface area contributed by atoms with Crippen molar-refractivity contribution in [3.63, 3.8) is 0 Å². The average Bonchev–Trinajstić information content (AvgIpc) is 3.44. The predicted octanol–water partition coefficient (Wildman–Crippen LogP) is 5.24. The van der Waals surface area contributed by atoms with Gasteiger partial charge >= 0.3 is 0 Å². The van der Waals surface area contributed by atoms with Gasteiger partial charge in [-0.05, 0) is 74.3 Å². The van der Waals surface area contributed by atoms with Gasteiger partial charge in [-0.25, -0.2) is 4.98 Å². The van der Waals surface area contributed by atoms with Crippen LogP contribution >= 0.6 is 11.9 Å². The molecule has 2 saturated heterocycles. The van der Waals surface area contributed by atoms with Crippen LogP contribution in [0, 0.1) is 11.8 Å². The van der Waals surface area contributed by atoms with Crippen molar-refractivity contribution in [1.82, 2.24) is 15.2 Å². The molecule has 7 rings (SSSR count). The van der Waals surface area contributed by atoms with Crippen molar-refractivity contribution in [2.45, 2.75) is 32.1 Å². The molecule has 4 aliphatic rings. The standard InChI is InChI=1S/C28H34N6O2S/c35-15-16-37-32-23-6-7-24-25(18-23)33-13-9-20(10-14-33)3-1-4-21-5-2-12-34(19-21)26-17-22(8-11-29-26)27-30-31-28(24)36-27/h1,4,6-8,11,17-18,20-21,32,35H,2-3,5,9-10,12-16,19H2/b4-1-. The number of hydrogen-bond acceptors (Lipinski definition) is 9. The first-order valence-corrected chi connectivity index (χ1v) is 14.3. The number of benzene rings is 1. The van der Waals surface area contributed by atoms with Crippen molar-refractivity contribution in [2.24, 2.45) is 11.8 Å². The van der Waals surface area contributed by atoms with E-state index in [2.05, 4.69) is 60.1 Å². The summed E-state index contributed by atoms with van der Waals surface area (Å²) < 4.78 is 9.63.